The van der Waals surface area contributed by atoms with Gasteiger partial charge in [-0.2, -0.15) is 0 Å². The van der Waals surface area contributed by atoms with Crippen LogP contribution in [0.15, 0.2) is 12.3 Å². The fraction of sp³-hybridized carbons (Fsp3) is 0.286. The summed E-state index contributed by atoms with van der Waals surface area (Å²) in [5.74, 6) is -0.251. The number of hydrogen-bond donors (Lipinski definition) is 0. The molecule has 1 rings (SSSR count). The Morgan fingerprint density at radius 1 is 1.64 bits per heavy atom. The van der Waals surface area contributed by atoms with Crippen LogP contribution in [-0.2, 0) is 0 Å². The maximum atomic E-state index is 12.9. The Balaban J connectivity index is 2.90. The maximum Gasteiger partial charge on any atom is 0.258 e. The van der Waals surface area contributed by atoms with Crippen LogP contribution in [0, 0.1) is 12.7 Å². The van der Waals surface area contributed by atoms with E-state index in [1.165, 1.54) is 17.7 Å². The number of aromatic nitrogens is 1. The van der Waals surface area contributed by atoms with Gasteiger partial charge < -0.3 is 0 Å². The van der Waals surface area contributed by atoms with Crippen molar-refractivity contribution in [3.05, 3.63) is 23.6 Å². The summed E-state index contributed by atoms with van der Waals surface area (Å²) in [6, 6.07) is 1.48. The van der Waals surface area contributed by atoms with Crippen molar-refractivity contribution in [1.29, 1.82) is 0 Å². The lowest BCUT2D eigenvalue weighted by Crippen LogP contribution is -2.19. The summed E-state index contributed by atoms with van der Waals surface area (Å²) in [7, 11) is 0. The minimum absolute atomic E-state index is 0.251. The van der Waals surface area contributed by atoms with Crippen molar-refractivity contribution in [2.45, 2.75) is 6.92 Å². The topological polar surface area (TPSA) is 12.9 Å². The summed E-state index contributed by atoms with van der Waals surface area (Å²) in [5.41, 5.74) is 1.27. The molecule has 0 aliphatic rings. The molecule has 0 spiro atoms. The summed E-state index contributed by atoms with van der Waals surface area (Å²) in [4.78, 5) is 3.92. The molecule has 1 aromatic heterocycles. The van der Waals surface area contributed by atoms with E-state index in [2.05, 4.69) is 4.98 Å². The van der Waals surface area contributed by atoms with Crippen molar-refractivity contribution in [1.82, 2.24) is 4.98 Å². The quantitative estimate of drug-likeness (QED) is 0.614. The zero-order chi connectivity index (χ0) is 8.27. The van der Waals surface area contributed by atoms with Gasteiger partial charge in [0.2, 0.25) is 0 Å². The summed E-state index contributed by atoms with van der Waals surface area (Å²) < 4.78 is 12.9. The predicted molar refractivity (Wildman–Crippen MR) is 47.8 cm³/mol. The highest BCUT2D eigenvalue weighted by Crippen LogP contribution is 1.98. The molecule has 4 heteroatoms. The van der Waals surface area contributed by atoms with E-state index in [1.807, 2.05) is 13.2 Å². The lowest BCUT2D eigenvalue weighted by molar-refractivity contribution is 0.630. The van der Waals surface area contributed by atoms with Crippen LogP contribution >= 0.6 is 11.6 Å². The monoisotopic (exact) mass is 168 g/mol. The van der Waals surface area contributed by atoms with Gasteiger partial charge >= 0.3 is 0 Å². The normalized spacial score (nSPS) is 9.73. The van der Waals surface area contributed by atoms with E-state index in [1.54, 1.807) is 12.8 Å². The van der Waals surface area contributed by atoms with Crippen LogP contribution in [0.4, 0.5) is 4.39 Å². The molecule has 0 atom stereocenters. The molecule has 1 aromatic rings. The van der Waals surface area contributed by atoms with Crippen molar-refractivity contribution in [3.8, 4) is 0 Å². The molecule has 1 heterocycles. The van der Waals surface area contributed by atoms with Crippen molar-refractivity contribution < 1.29 is 4.39 Å². The number of pyridine rings is 1. The Morgan fingerprint density at radius 3 is 2.91 bits per heavy atom. The molecular weight excluding hydrogens is 160 g/mol. The fourth-order valence-electron chi connectivity index (χ4n) is 0.742. The molecule has 1 radical (unpaired) electrons. The number of aryl methyl sites for hydroxylation is 1. The zero-order valence-electron chi connectivity index (χ0n) is 6.47. The molecule has 0 fully saturated rings. The molecule has 57 valence electrons. The molecule has 0 aliphatic carbocycles. The highest BCUT2D eigenvalue weighted by Gasteiger charge is 2.03. The summed E-state index contributed by atoms with van der Waals surface area (Å²) in [6.07, 6.45) is 3.53. The van der Waals surface area contributed by atoms with Crippen LogP contribution in [0.2, 0.25) is 0 Å². The number of hydrogen-bond acceptors (Lipinski definition) is 2. The molecule has 1 nitrogen and oxygen atoms in total. The van der Waals surface area contributed by atoms with E-state index in [4.69, 9.17) is 0 Å². The van der Waals surface area contributed by atoms with Gasteiger partial charge in [-0.15, -0.1) is 0 Å². The second-order valence-corrected chi connectivity index (χ2v) is 2.94. The Morgan fingerprint density at radius 2 is 2.36 bits per heavy atom. The standard InChI is InChI=1S/C7H8BFNS/c1-5-3-6(9)7(8-11-2)10-4-5/h3-4H,1-2H3. The summed E-state index contributed by atoms with van der Waals surface area (Å²) >= 11 is 1.45. The first-order valence-corrected chi connectivity index (χ1v) is 4.51. The fourth-order valence-corrected chi connectivity index (χ4v) is 1.14. The molecule has 0 N–H and O–H groups in total. The van der Waals surface area contributed by atoms with E-state index < -0.39 is 0 Å². The van der Waals surface area contributed by atoms with Crippen LogP contribution in [0.1, 0.15) is 5.56 Å². The number of nitrogens with zero attached hydrogens (tertiary/aromatic N) is 1. The second kappa shape index (κ2) is 3.76. The van der Waals surface area contributed by atoms with E-state index in [-0.39, 0.29) is 5.82 Å². The highest BCUT2D eigenvalue weighted by molar-refractivity contribution is 8.23. The highest BCUT2D eigenvalue weighted by atomic mass is 32.2. The van der Waals surface area contributed by atoms with Crippen molar-refractivity contribution in [3.63, 3.8) is 0 Å². The molecular formula is C7H8BFNS. The van der Waals surface area contributed by atoms with Gasteiger partial charge in [-0.25, -0.2) is 16.0 Å². The maximum absolute atomic E-state index is 12.9. The average Bonchev–Trinajstić information content (AvgIpc) is 1.95. The molecule has 0 aromatic carbocycles. The molecule has 0 saturated heterocycles. The van der Waals surface area contributed by atoms with Crippen LogP contribution < -0.4 is 5.59 Å². The minimum atomic E-state index is -0.251. The first-order chi connectivity index (χ1) is 5.24. The van der Waals surface area contributed by atoms with Gasteiger partial charge in [0.1, 0.15) is 5.82 Å². The Bertz CT molecular complexity index is 254. The van der Waals surface area contributed by atoms with Crippen LogP contribution in [0.25, 0.3) is 0 Å². The Labute approximate surface area is 70.6 Å². The molecule has 0 unspecified atom stereocenters. The molecule has 11 heavy (non-hydrogen) atoms. The second-order valence-electron chi connectivity index (χ2n) is 2.23. The third kappa shape index (κ3) is 2.22. The van der Waals surface area contributed by atoms with Crippen LogP contribution in [0.3, 0.4) is 0 Å². The smallest absolute Gasteiger partial charge is 0.258 e. The number of rotatable bonds is 2. The van der Waals surface area contributed by atoms with Crippen LogP contribution in [-0.4, -0.2) is 17.8 Å². The zero-order valence-corrected chi connectivity index (χ0v) is 7.28. The van der Waals surface area contributed by atoms with E-state index in [0.29, 0.717) is 5.59 Å². The third-order valence-corrected chi connectivity index (χ3v) is 1.69. The first-order valence-electron chi connectivity index (χ1n) is 3.22. The first kappa shape index (κ1) is 8.59. The largest absolute Gasteiger partial charge is 0.268 e. The number of halogens is 1. The van der Waals surface area contributed by atoms with Gasteiger partial charge in [0.05, 0.1) is 0 Å². The van der Waals surface area contributed by atoms with Gasteiger partial charge in [0.15, 0.2) is 0 Å². The SMILES string of the molecule is CS[B]c1ncc(C)cc1F. The summed E-state index contributed by atoms with van der Waals surface area (Å²) in [6.45, 7) is 3.51. The molecule has 0 aliphatic heterocycles. The lowest BCUT2D eigenvalue weighted by Gasteiger charge is -1.98. The summed E-state index contributed by atoms with van der Waals surface area (Å²) in [5, 5.41) is 0. The van der Waals surface area contributed by atoms with Crippen LogP contribution in [0.5, 0.6) is 0 Å². The predicted octanol–water partition coefficient (Wildman–Crippen LogP) is 1.14. The van der Waals surface area contributed by atoms with Crippen molar-refractivity contribution in [2.24, 2.45) is 0 Å². The molecule has 0 saturated carbocycles. The van der Waals surface area contributed by atoms with Gasteiger partial charge in [0.25, 0.3) is 6.56 Å². The van der Waals surface area contributed by atoms with E-state index in [0.717, 1.165) is 5.56 Å². The average molecular weight is 168 g/mol. The molecule has 0 bridgehead atoms. The van der Waals surface area contributed by atoms with Crippen molar-refractivity contribution in [2.75, 3.05) is 6.26 Å². The third-order valence-electron chi connectivity index (χ3n) is 1.24. The van der Waals surface area contributed by atoms with Gasteiger partial charge in [-0.1, -0.05) is 0 Å². The lowest BCUT2D eigenvalue weighted by atomic mass is 10.0. The van der Waals surface area contributed by atoms with Gasteiger partial charge in [-0.05, 0) is 24.8 Å². The van der Waals surface area contributed by atoms with Gasteiger partial charge in [-0.3, -0.25) is 4.98 Å². The van der Waals surface area contributed by atoms with E-state index in [9.17, 15) is 4.39 Å². The molecule has 0 amide bonds. The van der Waals surface area contributed by atoms with Crippen molar-refractivity contribution >= 4 is 23.8 Å². The van der Waals surface area contributed by atoms with E-state index >= 15 is 0 Å². The Hall–Kier alpha value is -0.505. The Kier molecular flexibility index (Phi) is 2.94. The van der Waals surface area contributed by atoms with Gasteiger partial charge in [0, 0.05) is 11.8 Å². The minimum Gasteiger partial charge on any atom is -0.268 e.